The van der Waals surface area contributed by atoms with Gasteiger partial charge in [-0.25, -0.2) is 4.98 Å². The molecule has 2 heterocycles. The van der Waals surface area contributed by atoms with E-state index in [-0.39, 0.29) is 5.91 Å². The molecule has 1 fully saturated rings. The van der Waals surface area contributed by atoms with Crippen molar-refractivity contribution in [2.45, 2.75) is 18.8 Å². The number of rotatable bonds is 2. The largest absolute Gasteiger partial charge is 0.309 e. The quantitative estimate of drug-likeness (QED) is 0.896. The number of thiazole rings is 1. The fraction of sp³-hybridized carbons (Fsp3) is 0.333. The third-order valence-electron chi connectivity index (χ3n) is 3.51. The summed E-state index contributed by atoms with van der Waals surface area (Å²) in [6.45, 7) is 4.40. The van der Waals surface area contributed by atoms with Gasteiger partial charge in [-0.2, -0.15) is 0 Å². The van der Waals surface area contributed by atoms with E-state index in [0.717, 1.165) is 21.2 Å². The van der Waals surface area contributed by atoms with E-state index in [1.54, 1.807) is 16.7 Å². The highest BCUT2D eigenvalue weighted by Crippen LogP contribution is 2.36. The van der Waals surface area contributed by atoms with Gasteiger partial charge in [0, 0.05) is 17.3 Å². The summed E-state index contributed by atoms with van der Waals surface area (Å²) >= 11 is 9.15. The number of thioether (sulfide) groups is 1. The summed E-state index contributed by atoms with van der Waals surface area (Å²) in [6, 6.07) is 7.48. The van der Waals surface area contributed by atoms with E-state index in [1.807, 2.05) is 38.1 Å². The molecule has 1 unspecified atom stereocenters. The van der Waals surface area contributed by atoms with Gasteiger partial charge in [0.2, 0.25) is 0 Å². The molecule has 1 saturated heterocycles. The molecule has 1 aromatic heterocycles. The van der Waals surface area contributed by atoms with Crippen molar-refractivity contribution in [3.05, 3.63) is 40.0 Å². The molecule has 1 aliphatic rings. The Kier molecular flexibility index (Phi) is 4.20. The maximum atomic E-state index is 12.9. The zero-order chi connectivity index (χ0) is 15.9. The minimum Gasteiger partial charge on any atom is -0.309 e. The molecule has 2 aromatic rings. The highest BCUT2D eigenvalue weighted by molar-refractivity contribution is 8.00. The smallest absolute Gasteiger partial charge is 0.276 e. The van der Waals surface area contributed by atoms with E-state index >= 15 is 0 Å². The second kappa shape index (κ2) is 5.85. The van der Waals surface area contributed by atoms with Gasteiger partial charge in [-0.05, 0) is 31.5 Å². The maximum Gasteiger partial charge on any atom is 0.276 e. The first kappa shape index (κ1) is 15.8. The average molecular weight is 354 g/mol. The number of carbonyl (C=O) groups excluding carboxylic acids is 1. The lowest BCUT2D eigenvalue weighted by molar-refractivity contribution is 0.0693. The van der Waals surface area contributed by atoms with Gasteiger partial charge in [0.1, 0.15) is 10.7 Å². The molecule has 22 heavy (non-hydrogen) atoms. The Balaban J connectivity index is 2.03. The summed E-state index contributed by atoms with van der Waals surface area (Å²) in [5.41, 5.74) is 7.57. The van der Waals surface area contributed by atoms with Gasteiger partial charge in [0.25, 0.3) is 5.91 Å². The minimum atomic E-state index is -0.680. The summed E-state index contributed by atoms with van der Waals surface area (Å²) in [7, 11) is 0. The standard InChI is InChI=1S/C15H16ClN3OS2/c1-9-18-12(14(20)19-6-7-21-15(19,2)17)13(22-9)10-4-3-5-11(16)8-10/h3-5,8H,6-7,17H2,1-2H3. The van der Waals surface area contributed by atoms with Crippen LogP contribution in [0.15, 0.2) is 24.3 Å². The third-order valence-corrected chi connectivity index (χ3v) is 5.96. The Bertz CT molecular complexity index is 729. The lowest BCUT2D eigenvalue weighted by Crippen LogP contribution is -2.50. The van der Waals surface area contributed by atoms with Crippen LogP contribution in [0.1, 0.15) is 22.4 Å². The van der Waals surface area contributed by atoms with Crippen molar-refractivity contribution >= 4 is 40.6 Å². The molecule has 7 heteroatoms. The third kappa shape index (κ3) is 2.88. The zero-order valence-electron chi connectivity index (χ0n) is 12.3. The fourth-order valence-electron chi connectivity index (χ4n) is 2.47. The van der Waals surface area contributed by atoms with Gasteiger partial charge < -0.3 is 10.6 Å². The molecule has 1 amide bonds. The molecule has 4 nitrogen and oxygen atoms in total. The van der Waals surface area contributed by atoms with E-state index in [4.69, 9.17) is 17.3 Å². The Hall–Kier alpha value is -1.08. The normalized spacial score (nSPS) is 21.4. The van der Waals surface area contributed by atoms with Crippen molar-refractivity contribution in [3.8, 4) is 10.4 Å². The maximum absolute atomic E-state index is 12.9. The number of aromatic nitrogens is 1. The zero-order valence-corrected chi connectivity index (χ0v) is 14.7. The van der Waals surface area contributed by atoms with Crippen molar-refractivity contribution in [3.63, 3.8) is 0 Å². The van der Waals surface area contributed by atoms with Crippen LogP contribution < -0.4 is 5.73 Å². The number of carbonyl (C=O) groups is 1. The van der Waals surface area contributed by atoms with Gasteiger partial charge in [0.05, 0.1) is 9.88 Å². The van der Waals surface area contributed by atoms with E-state index in [2.05, 4.69) is 4.98 Å². The minimum absolute atomic E-state index is 0.116. The molecule has 3 rings (SSSR count). The second-order valence-electron chi connectivity index (χ2n) is 5.28. The van der Waals surface area contributed by atoms with Gasteiger partial charge in [-0.3, -0.25) is 4.79 Å². The van der Waals surface area contributed by atoms with Gasteiger partial charge in [-0.1, -0.05) is 23.7 Å². The summed E-state index contributed by atoms with van der Waals surface area (Å²) < 4.78 is 0. The van der Waals surface area contributed by atoms with Gasteiger partial charge >= 0.3 is 0 Å². The number of nitrogens with two attached hydrogens (primary N) is 1. The number of halogens is 1. The average Bonchev–Trinajstić information content (AvgIpc) is 3.00. The predicted molar refractivity (Wildman–Crippen MR) is 93.4 cm³/mol. The molecule has 0 bridgehead atoms. The molecular formula is C15H16ClN3OS2. The lowest BCUT2D eigenvalue weighted by atomic mass is 10.1. The second-order valence-corrected chi connectivity index (χ2v) is 8.44. The van der Waals surface area contributed by atoms with E-state index in [0.29, 0.717) is 17.3 Å². The Morgan fingerprint density at radius 3 is 2.91 bits per heavy atom. The highest BCUT2D eigenvalue weighted by atomic mass is 35.5. The van der Waals surface area contributed by atoms with Crippen LogP contribution in [0, 0.1) is 6.92 Å². The summed E-state index contributed by atoms with van der Waals surface area (Å²) in [6.07, 6.45) is 0. The molecule has 0 saturated carbocycles. The van der Waals surface area contributed by atoms with Gasteiger partial charge in [0.15, 0.2) is 0 Å². The summed E-state index contributed by atoms with van der Waals surface area (Å²) in [5, 5.41) is 1.49. The predicted octanol–water partition coefficient (Wildman–Crippen LogP) is 3.59. The summed E-state index contributed by atoms with van der Waals surface area (Å²) in [5.74, 6) is 0.725. The Morgan fingerprint density at radius 1 is 1.50 bits per heavy atom. The first-order valence-electron chi connectivity index (χ1n) is 6.86. The molecule has 2 N–H and O–H groups in total. The molecule has 116 valence electrons. The van der Waals surface area contributed by atoms with Crippen LogP contribution in [0.2, 0.25) is 5.02 Å². The van der Waals surface area contributed by atoms with E-state index in [9.17, 15) is 4.79 Å². The first-order valence-corrected chi connectivity index (χ1v) is 9.04. The molecule has 1 aliphatic heterocycles. The van der Waals surface area contributed by atoms with Crippen LogP contribution in [-0.2, 0) is 0 Å². The molecule has 1 atom stereocenters. The van der Waals surface area contributed by atoms with Crippen LogP contribution in [0.3, 0.4) is 0 Å². The number of hydrogen-bond acceptors (Lipinski definition) is 5. The summed E-state index contributed by atoms with van der Waals surface area (Å²) in [4.78, 5) is 19.2. The Labute approximate surface area is 142 Å². The molecule has 0 radical (unpaired) electrons. The van der Waals surface area contributed by atoms with Crippen LogP contribution >= 0.6 is 34.7 Å². The molecule has 0 aliphatic carbocycles. The molecule has 1 aromatic carbocycles. The van der Waals surface area contributed by atoms with Crippen molar-refractivity contribution in [1.82, 2.24) is 9.88 Å². The number of hydrogen-bond donors (Lipinski definition) is 1. The highest BCUT2D eigenvalue weighted by Gasteiger charge is 2.39. The van der Waals surface area contributed by atoms with Crippen molar-refractivity contribution in [1.29, 1.82) is 0 Å². The Morgan fingerprint density at radius 2 is 2.27 bits per heavy atom. The SMILES string of the molecule is Cc1nc(C(=O)N2CCSC2(C)N)c(-c2cccc(Cl)c2)s1. The first-order chi connectivity index (χ1) is 10.4. The van der Waals surface area contributed by atoms with E-state index in [1.165, 1.54) is 11.3 Å². The van der Waals surface area contributed by atoms with E-state index < -0.39 is 4.99 Å². The number of amides is 1. The number of aryl methyl sites for hydroxylation is 1. The van der Waals surface area contributed by atoms with Crippen LogP contribution in [0.5, 0.6) is 0 Å². The van der Waals surface area contributed by atoms with Crippen molar-refractivity contribution in [2.24, 2.45) is 5.73 Å². The monoisotopic (exact) mass is 353 g/mol. The van der Waals surface area contributed by atoms with Crippen molar-refractivity contribution < 1.29 is 4.79 Å². The number of nitrogens with zero attached hydrogens (tertiary/aromatic N) is 2. The van der Waals surface area contributed by atoms with Gasteiger partial charge in [-0.15, -0.1) is 23.1 Å². The topological polar surface area (TPSA) is 59.2 Å². The lowest BCUT2D eigenvalue weighted by Gasteiger charge is -2.29. The molecule has 0 spiro atoms. The van der Waals surface area contributed by atoms with Crippen molar-refractivity contribution in [2.75, 3.05) is 12.3 Å². The van der Waals surface area contributed by atoms with Crippen LogP contribution in [0.25, 0.3) is 10.4 Å². The molecular weight excluding hydrogens is 338 g/mol. The van der Waals surface area contributed by atoms with Crippen LogP contribution in [0.4, 0.5) is 0 Å². The fourth-order valence-corrected chi connectivity index (χ4v) is 4.59. The van der Waals surface area contributed by atoms with Crippen LogP contribution in [-0.4, -0.2) is 33.1 Å². The number of benzene rings is 1.